The van der Waals surface area contributed by atoms with Crippen molar-refractivity contribution in [1.82, 2.24) is 0 Å². The Hall–Kier alpha value is -0.830. The molecule has 0 spiro atoms. The summed E-state index contributed by atoms with van der Waals surface area (Å²) in [6.07, 6.45) is 0.901. The van der Waals surface area contributed by atoms with Crippen LogP contribution in [0.2, 0.25) is 0 Å². The molecule has 0 heterocycles. The van der Waals surface area contributed by atoms with E-state index in [1.807, 2.05) is 24.3 Å². The number of hydrogen-bond donors (Lipinski definition) is 1. The summed E-state index contributed by atoms with van der Waals surface area (Å²) in [5.74, 6) is 0.215. The monoisotopic (exact) mass is 239 g/mol. The topological polar surface area (TPSA) is 43.1 Å². The molecular weight excluding hydrogens is 230 g/mol. The first-order valence-corrected chi connectivity index (χ1v) is 5.03. The highest BCUT2D eigenvalue weighted by Crippen LogP contribution is 2.49. The van der Waals surface area contributed by atoms with E-state index in [1.165, 1.54) is 5.56 Å². The zero-order valence-electron chi connectivity index (χ0n) is 7.03. The fourth-order valence-electron chi connectivity index (χ4n) is 1.63. The zero-order chi connectivity index (χ0) is 9.42. The summed E-state index contributed by atoms with van der Waals surface area (Å²) in [4.78, 5) is 10.9. The third-order valence-electron chi connectivity index (χ3n) is 2.46. The third kappa shape index (κ3) is 1.61. The number of rotatable bonds is 2. The van der Waals surface area contributed by atoms with Crippen molar-refractivity contribution in [1.29, 1.82) is 0 Å². The average molecular weight is 240 g/mol. The van der Waals surface area contributed by atoms with Crippen molar-refractivity contribution >= 4 is 21.8 Å². The molecule has 0 aromatic heterocycles. The summed E-state index contributed by atoms with van der Waals surface area (Å²) in [5, 5.41) is 0. The van der Waals surface area contributed by atoms with Gasteiger partial charge in [0.05, 0.1) is 0 Å². The van der Waals surface area contributed by atoms with E-state index in [2.05, 4.69) is 15.9 Å². The minimum Gasteiger partial charge on any atom is -0.369 e. The van der Waals surface area contributed by atoms with E-state index in [-0.39, 0.29) is 11.8 Å². The first-order chi connectivity index (χ1) is 6.20. The number of hydrogen-bond acceptors (Lipinski definition) is 1. The van der Waals surface area contributed by atoms with Crippen molar-refractivity contribution in [3.8, 4) is 0 Å². The molecule has 1 aromatic rings. The average Bonchev–Trinajstić information content (AvgIpc) is 2.84. The molecule has 2 unspecified atom stereocenters. The van der Waals surface area contributed by atoms with Crippen molar-refractivity contribution in [3.05, 3.63) is 34.3 Å². The predicted octanol–water partition coefficient (Wildman–Crippen LogP) is 2.04. The number of primary amides is 1. The molecule has 0 saturated heterocycles. The molecule has 1 fully saturated rings. The van der Waals surface area contributed by atoms with Crippen molar-refractivity contribution in [2.75, 3.05) is 0 Å². The van der Waals surface area contributed by atoms with E-state index in [1.54, 1.807) is 0 Å². The molecule has 68 valence electrons. The lowest BCUT2D eigenvalue weighted by Crippen LogP contribution is -2.13. The Morgan fingerprint density at radius 1 is 1.46 bits per heavy atom. The van der Waals surface area contributed by atoms with Gasteiger partial charge in [-0.3, -0.25) is 4.79 Å². The van der Waals surface area contributed by atoms with E-state index in [9.17, 15) is 4.79 Å². The van der Waals surface area contributed by atoms with Gasteiger partial charge in [0.2, 0.25) is 5.91 Å². The van der Waals surface area contributed by atoms with Gasteiger partial charge in [0, 0.05) is 10.4 Å². The van der Waals surface area contributed by atoms with E-state index in [4.69, 9.17) is 5.73 Å². The SMILES string of the molecule is NC(=O)C1CC1c1ccccc1Br. The molecule has 2 N–H and O–H groups in total. The van der Waals surface area contributed by atoms with E-state index in [0.717, 1.165) is 10.9 Å². The number of nitrogens with two attached hydrogens (primary N) is 1. The highest BCUT2D eigenvalue weighted by Gasteiger charge is 2.43. The van der Waals surface area contributed by atoms with Gasteiger partial charge in [0.25, 0.3) is 0 Å². The second-order valence-electron chi connectivity index (χ2n) is 3.37. The molecule has 0 aliphatic heterocycles. The normalized spacial score (nSPS) is 25.6. The Kier molecular flexibility index (Phi) is 2.12. The van der Waals surface area contributed by atoms with Gasteiger partial charge < -0.3 is 5.73 Å². The number of carbonyl (C=O) groups excluding carboxylic acids is 1. The first-order valence-electron chi connectivity index (χ1n) is 4.24. The van der Waals surface area contributed by atoms with E-state index < -0.39 is 0 Å². The Balaban J connectivity index is 2.21. The summed E-state index contributed by atoms with van der Waals surface area (Å²) in [5.41, 5.74) is 6.42. The highest BCUT2D eigenvalue weighted by molar-refractivity contribution is 9.10. The Labute approximate surface area is 85.3 Å². The maximum atomic E-state index is 10.9. The quantitative estimate of drug-likeness (QED) is 0.844. The van der Waals surface area contributed by atoms with Crippen molar-refractivity contribution < 1.29 is 4.79 Å². The van der Waals surface area contributed by atoms with Gasteiger partial charge in [-0.1, -0.05) is 34.1 Å². The molecule has 3 heteroatoms. The molecule has 2 nitrogen and oxygen atoms in total. The molecule has 13 heavy (non-hydrogen) atoms. The molecule has 1 aliphatic carbocycles. The second kappa shape index (κ2) is 3.14. The molecule has 0 radical (unpaired) electrons. The largest absolute Gasteiger partial charge is 0.369 e. The van der Waals surface area contributed by atoms with Crippen LogP contribution in [-0.4, -0.2) is 5.91 Å². The molecule has 1 saturated carbocycles. The summed E-state index contributed by atoms with van der Waals surface area (Å²) in [6.45, 7) is 0. The Bertz CT molecular complexity index is 351. The number of benzene rings is 1. The van der Waals surface area contributed by atoms with E-state index >= 15 is 0 Å². The minimum absolute atomic E-state index is 0.0544. The Morgan fingerprint density at radius 2 is 2.15 bits per heavy atom. The van der Waals surface area contributed by atoms with Crippen LogP contribution < -0.4 is 5.73 Å². The van der Waals surface area contributed by atoms with Crippen molar-refractivity contribution in [2.24, 2.45) is 11.7 Å². The van der Waals surface area contributed by atoms with Gasteiger partial charge in [0.15, 0.2) is 0 Å². The van der Waals surface area contributed by atoms with Crippen LogP contribution in [0.1, 0.15) is 17.9 Å². The second-order valence-corrected chi connectivity index (χ2v) is 4.23. The lowest BCUT2D eigenvalue weighted by Gasteiger charge is -2.01. The molecule has 1 amide bonds. The fraction of sp³-hybridized carbons (Fsp3) is 0.300. The number of carbonyl (C=O) groups is 1. The summed E-state index contributed by atoms with van der Waals surface area (Å²) >= 11 is 3.46. The smallest absolute Gasteiger partial charge is 0.221 e. The van der Waals surface area contributed by atoms with Crippen LogP contribution in [0, 0.1) is 5.92 Å². The summed E-state index contributed by atoms with van der Waals surface area (Å²) in [6, 6.07) is 7.98. The van der Waals surface area contributed by atoms with Crippen LogP contribution in [0.15, 0.2) is 28.7 Å². The molecule has 1 aromatic carbocycles. The standard InChI is InChI=1S/C10H10BrNO/c11-9-4-2-1-3-6(9)7-5-8(7)10(12)13/h1-4,7-8H,5H2,(H2,12,13). The molecule has 1 aliphatic rings. The van der Waals surface area contributed by atoms with Crippen LogP contribution in [0.3, 0.4) is 0 Å². The van der Waals surface area contributed by atoms with Gasteiger partial charge in [-0.15, -0.1) is 0 Å². The Morgan fingerprint density at radius 3 is 2.69 bits per heavy atom. The fourth-order valence-corrected chi connectivity index (χ4v) is 2.21. The predicted molar refractivity (Wildman–Crippen MR) is 54.2 cm³/mol. The van der Waals surface area contributed by atoms with Crippen molar-refractivity contribution in [3.63, 3.8) is 0 Å². The maximum absolute atomic E-state index is 10.9. The first kappa shape index (κ1) is 8.75. The van der Waals surface area contributed by atoms with Gasteiger partial charge in [0.1, 0.15) is 0 Å². The maximum Gasteiger partial charge on any atom is 0.221 e. The molecular formula is C10H10BrNO. The van der Waals surface area contributed by atoms with Crippen LogP contribution in [0.4, 0.5) is 0 Å². The molecule has 2 atom stereocenters. The highest BCUT2D eigenvalue weighted by atomic mass is 79.9. The van der Waals surface area contributed by atoms with Gasteiger partial charge in [-0.25, -0.2) is 0 Å². The van der Waals surface area contributed by atoms with Gasteiger partial charge >= 0.3 is 0 Å². The van der Waals surface area contributed by atoms with Crippen LogP contribution >= 0.6 is 15.9 Å². The van der Waals surface area contributed by atoms with Gasteiger partial charge in [-0.2, -0.15) is 0 Å². The van der Waals surface area contributed by atoms with Crippen LogP contribution in [-0.2, 0) is 4.79 Å². The number of amides is 1. The summed E-state index contributed by atoms with van der Waals surface area (Å²) in [7, 11) is 0. The minimum atomic E-state index is -0.180. The van der Waals surface area contributed by atoms with Crippen LogP contribution in [0.5, 0.6) is 0 Å². The lowest BCUT2D eigenvalue weighted by molar-refractivity contribution is -0.119. The zero-order valence-corrected chi connectivity index (χ0v) is 8.62. The van der Waals surface area contributed by atoms with Gasteiger partial charge in [-0.05, 0) is 24.0 Å². The molecule has 0 bridgehead atoms. The van der Waals surface area contributed by atoms with Crippen molar-refractivity contribution in [2.45, 2.75) is 12.3 Å². The lowest BCUT2D eigenvalue weighted by atomic mass is 10.1. The number of halogens is 1. The molecule has 2 rings (SSSR count). The van der Waals surface area contributed by atoms with Crippen LogP contribution in [0.25, 0.3) is 0 Å². The van der Waals surface area contributed by atoms with E-state index in [0.29, 0.717) is 5.92 Å². The third-order valence-corrected chi connectivity index (χ3v) is 3.18. The summed E-state index contributed by atoms with van der Waals surface area (Å²) < 4.78 is 1.07.